The highest BCUT2D eigenvalue weighted by atomic mass is 16.5. The Hall–Kier alpha value is -1.26. The fourth-order valence-corrected chi connectivity index (χ4v) is 3.07. The predicted molar refractivity (Wildman–Crippen MR) is 65.2 cm³/mol. The number of rotatable bonds is 3. The molecule has 5 nitrogen and oxygen atoms in total. The van der Waals surface area contributed by atoms with E-state index in [4.69, 9.17) is 4.74 Å². The Bertz CT molecular complexity index is 334. The van der Waals surface area contributed by atoms with E-state index in [-0.39, 0.29) is 23.8 Å². The number of piperidine rings is 2. The number of esters is 1. The standard InChI is InChI=1S/C13H21NO4/c1-8(2)7-18-12(15)11-9-3-5-10(6-4-9)14(11)13(16)17/h8-11H,3-7H2,1-2H3,(H,16,17)/t9?,10?,11-/m0/s1. The molecule has 1 saturated carbocycles. The van der Waals surface area contributed by atoms with Crippen LogP contribution in [0.1, 0.15) is 39.5 Å². The summed E-state index contributed by atoms with van der Waals surface area (Å²) in [5.74, 6) is 0.0549. The Morgan fingerprint density at radius 3 is 2.39 bits per heavy atom. The topological polar surface area (TPSA) is 66.8 Å². The molecule has 2 saturated heterocycles. The Balaban J connectivity index is 2.08. The molecule has 1 amide bonds. The first-order chi connectivity index (χ1) is 8.50. The molecule has 0 spiro atoms. The van der Waals surface area contributed by atoms with Gasteiger partial charge in [-0.25, -0.2) is 9.59 Å². The number of ether oxygens (including phenoxy) is 1. The first-order valence-electron chi connectivity index (χ1n) is 6.68. The second kappa shape index (κ2) is 5.16. The van der Waals surface area contributed by atoms with E-state index in [1.165, 1.54) is 4.90 Å². The van der Waals surface area contributed by atoms with Gasteiger partial charge in [-0.3, -0.25) is 4.90 Å². The quantitative estimate of drug-likeness (QED) is 0.784. The highest BCUT2D eigenvalue weighted by Crippen LogP contribution is 2.40. The molecule has 0 aromatic carbocycles. The van der Waals surface area contributed by atoms with Gasteiger partial charge in [0.15, 0.2) is 0 Å². The van der Waals surface area contributed by atoms with Gasteiger partial charge in [-0.15, -0.1) is 0 Å². The Morgan fingerprint density at radius 1 is 1.28 bits per heavy atom. The van der Waals surface area contributed by atoms with Gasteiger partial charge in [0.1, 0.15) is 6.04 Å². The van der Waals surface area contributed by atoms with Gasteiger partial charge >= 0.3 is 12.1 Å². The molecule has 2 heterocycles. The van der Waals surface area contributed by atoms with Crippen LogP contribution in [0.3, 0.4) is 0 Å². The van der Waals surface area contributed by atoms with E-state index in [1.54, 1.807) is 0 Å². The number of nitrogens with zero attached hydrogens (tertiary/aromatic N) is 1. The molecule has 1 atom stereocenters. The minimum atomic E-state index is -0.990. The van der Waals surface area contributed by atoms with Crippen LogP contribution in [-0.2, 0) is 9.53 Å². The molecule has 0 aromatic heterocycles. The van der Waals surface area contributed by atoms with Gasteiger partial charge in [0.2, 0.25) is 0 Å². The summed E-state index contributed by atoms with van der Waals surface area (Å²) in [4.78, 5) is 24.7. The summed E-state index contributed by atoms with van der Waals surface area (Å²) in [7, 11) is 0. The summed E-state index contributed by atoms with van der Waals surface area (Å²) in [6.07, 6.45) is 2.65. The van der Waals surface area contributed by atoms with E-state index in [9.17, 15) is 14.7 Å². The molecule has 5 heteroatoms. The average Bonchev–Trinajstić information content (AvgIpc) is 2.36. The second-order valence-electron chi connectivity index (χ2n) is 5.73. The number of carbonyl (C=O) groups excluding carboxylic acids is 1. The molecular weight excluding hydrogens is 234 g/mol. The highest BCUT2D eigenvalue weighted by Gasteiger charge is 2.48. The number of carbonyl (C=O) groups is 2. The molecular formula is C13H21NO4. The van der Waals surface area contributed by atoms with Gasteiger partial charge in [0.05, 0.1) is 6.61 Å². The molecule has 1 aliphatic carbocycles. The van der Waals surface area contributed by atoms with E-state index in [0.717, 1.165) is 25.7 Å². The van der Waals surface area contributed by atoms with Crippen molar-refractivity contribution in [2.45, 2.75) is 51.6 Å². The molecule has 0 aromatic rings. The summed E-state index contributed by atoms with van der Waals surface area (Å²) in [5, 5.41) is 9.28. The maximum atomic E-state index is 12.1. The average molecular weight is 255 g/mol. The van der Waals surface area contributed by atoms with Crippen LogP contribution in [0.2, 0.25) is 0 Å². The summed E-state index contributed by atoms with van der Waals surface area (Å²) in [6.45, 7) is 4.30. The zero-order valence-electron chi connectivity index (χ0n) is 11.0. The third kappa shape index (κ3) is 2.44. The van der Waals surface area contributed by atoms with Crippen molar-refractivity contribution in [2.24, 2.45) is 11.8 Å². The van der Waals surface area contributed by atoms with Crippen molar-refractivity contribution < 1.29 is 19.4 Å². The molecule has 3 aliphatic rings. The molecule has 0 unspecified atom stereocenters. The van der Waals surface area contributed by atoms with E-state index in [1.807, 2.05) is 13.8 Å². The van der Waals surface area contributed by atoms with Crippen LogP contribution in [0, 0.1) is 11.8 Å². The molecule has 102 valence electrons. The third-order valence-electron chi connectivity index (χ3n) is 3.90. The van der Waals surface area contributed by atoms with Crippen LogP contribution in [0.25, 0.3) is 0 Å². The zero-order chi connectivity index (χ0) is 13.3. The van der Waals surface area contributed by atoms with Crippen molar-refractivity contribution in [3.05, 3.63) is 0 Å². The van der Waals surface area contributed by atoms with Crippen molar-refractivity contribution in [3.63, 3.8) is 0 Å². The number of hydrogen-bond donors (Lipinski definition) is 1. The Labute approximate surface area is 107 Å². The predicted octanol–water partition coefficient (Wildman–Crippen LogP) is 2.11. The maximum absolute atomic E-state index is 12.1. The summed E-state index contributed by atoms with van der Waals surface area (Å²) < 4.78 is 5.23. The van der Waals surface area contributed by atoms with E-state index in [0.29, 0.717) is 6.61 Å². The lowest BCUT2D eigenvalue weighted by atomic mass is 9.75. The van der Waals surface area contributed by atoms with E-state index in [2.05, 4.69) is 0 Å². The normalized spacial score (nSPS) is 30.6. The molecule has 2 bridgehead atoms. The summed E-state index contributed by atoms with van der Waals surface area (Å²) in [6, 6.07) is -0.571. The number of fused-ring (bicyclic) bond motifs is 3. The van der Waals surface area contributed by atoms with Crippen LogP contribution >= 0.6 is 0 Å². The minimum absolute atomic E-state index is 0.00380. The lowest BCUT2D eigenvalue weighted by Gasteiger charge is -2.48. The van der Waals surface area contributed by atoms with Gasteiger partial charge in [-0.05, 0) is 37.5 Å². The molecule has 0 radical (unpaired) electrons. The third-order valence-corrected chi connectivity index (χ3v) is 3.90. The molecule has 18 heavy (non-hydrogen) atoms. The minimum Gasteiger partial charge on any atom is -0.465 e. The highest BCUT2D eigenvalue weighted by molar-refractivity contribution is 5.82. The lowest BCUT2D eigenvalue weighted by molar-refractivity contribution is -0.158. The van der Waals surface area contributed by atoms with Gasteiger partial charge in [0.25, 0.3) is 0 Å². The van der Waals surface area contributed by atoms with Crippen molar-refractivity contribution >= 4 is 12.1 Å². The maximum Gasteiger partial charge on any atom is 0.408 e. The smallest absolute Gasteiger partial charge is 0.408 e. The van der Waals surface area contributed by atoms with Gasteiger partial charge in [-0.2, -0.15) is 0 Å². The fraction of sp³-hybridized carbons (Fsp3) is 0.846. The molecule has 1 N–H and O–H groups in total. The molecule has 3 fully saturated rings. The van der Waals surface area contributed by atoms with Gasteiger partial charge < -0.3 is 9.84 Å². The first-order valence-corrected chi connectivity index (χ1v) is 6.68. The van der Waals surface area contributed by atoms with Crippen LogP contribution in [0.5, 0.6) is 0 Å². The van der Waals surface area contributed by atoms with Crippen molar-refractivity contribution in [2.75, 3.05) is 6.61 Å². The fourth-order valence-electron chi connectivity index (χ4n) is 3.07. The molecule has 3 rings (SSSR count). The number of amides is 1. The van der Waals surface area contributed by atoms with E-state index < -0.39 is 12.1 Å². The van der Waals surface area contributed by atoms with Crippen LogP contribution in [-0.4, -0.2) is 40.8 Å². The SMILES string of the molecule is CC(C)COC(=O)[C@@H]1C2CCC(CC2)N1C(=O)O. The van der Waals surface area contributed by atoms with E-state index >= 15 is 0 Å². The summed E-state index contributed by atoms with van der Waals surface area (Å²) >= 11 is 0. The van der Waals surface area contributed by atoms with Crippen molar-refractivity contribution in [3.8, 4) is 0 Å². The Kier molecular flexibility index (Phi) is 3.78. The zero-order valence-corrected chi connectivity index (χ0v) is 11.0. The summed E-state index contributed by atoms with van der Waals surface area (Å²) in [5.41, 5.74) is 0. The number of hydrogen-bond acceptors (Lipinski definition) is 3. The number of carboxylic acid groups (broad SMARTS) is 1. The Morgan fingerprint density at radius 2 is 1.89 bits per heavy atom. The van der Waals surface area contributed by atoms with Crippen molar-refractivity contribution in [1.29, 1.82) is 0 Å². The van der Waals surface area contributed by atoms with Crippen molar-refractivity contribution in [1.82, 2.24) is 4.90 Å². The monoisotopic (exact) mass is 255 g/mol. The van der Waals surface area contributed by atoms with Crippen LogP contribution < -0.4 is 0 Å². The second-order valence-corrected chi connectivity index (χ2v) is 5.73. The lowest BCUT2D eigenvalue weighted by Crippen LogP contribution is -2.60. The first kappa shape index (κ1) is 13.2. The molecule has 2 aliphatic heterocycles. The van der Waals surface area contributed by atoms with Gasteiger partial charge in [-0.1, -0.05) is 13.8 Å². The largest absolute Gasteiger partial charge is 0.465 e. The van der Waals surface area contributed by atoms with Gasteiger partial charge in [0, 0.05) is 6.04 Å². The van der Waals surface area contributed by atoms with Crippen LogP contribution in [0.4, 0.5) is 4.79 Å². The van der Waals surface area contributed by atoms with Crippen LogP contribution in [0.15, 0.2) is 0 Å².